The molecule has 0 aliphatic rings. The Kier molecular flexibility index (Phi) is 5.82. The van der Waals surface area contributed by atoms with Crippen LogP contribution in [0.25, 0.3) is 0 Å². The smallest absolute Gasteiger partial charge is 0.326 e. The molecule has 6 heteroatoms. The van der Waals surface area contributed by atoms with Crippen molar-refractivity contribution in [3.63, 3.8) is 0 Å². The third-order valence-corrected chi connectivity index (χ3v) is 3.21. The summed E-state index contributed by atoms with van der Waals surface area (Å²) < 4.78 is 0.715. The van der Waals surface area contributed by atoms with Gasteiger partial charge in [0, 0.05) is 10.2 Å². The fraction of sp³-hybridized carbons (Fsp3) is 0.385. The average molecular weight is 329 g/mol. The summed E-state index contributed by atoms with van der Waals surface area (Å²) in [6, 6.07) is 4.22. The minimum atomic E-state index is -0.938. The summed E-state index contributed by atoms with van der Waals surface area (Å²) in [4.78, 5) is 22.5. The Hall–Kier alpha value is -1.56. The molecule has 104 valence electrons. The quantitative estimate of drug-likeness (QED) is 0.717. The summed E-state index contributed by atoms with van der Waals surface area (Å²) in [5, 5.41) is 12.0. The fourth-order valence-electron chi connectivity index (χ4n) is 1.70. The zero-order valence-electron chi connectivity index (χ0n) is 10.6. The molecule has 0 spiro atoms. The number of primary amides is 1. The van der Waals surface area contributed by atoms with E-state index in [0.717, 1.165) is 12.8 Å². The molecule has 19 heavy (non-hydrogen) atoms. The first-order valence-corrected chi connectivity index (χ1v) is 6.83. The van der Waals surface area contributed by atoms with Crippen LogP contribution in [0.3, 0.4) is 0 Å². The van der Waals surface area contributed by atoms with E-state index in [1.165, 1.54) is 0 Å². The highest BCUT2D eigenvalue weighted by Gasteiger charge is 2.19. The summed E-state index contributed by atoms with van der Waals surface area (Å²) in [6.45, 7) is 1.99. The average Bonchev–Trinajstić information content (AvgIpc) is 2.35. The molecule has 4 N–H and O–H groups in total. The number of hydrogen-bond donors (Lipinski definition) is 3. The second-order valence-electron chi connectivity index (χ2n) is 4.23. The molecule has 0 aromatic heterocycles. The molecule has 0 saturated heterocycles. The molecule has 0 heterocycles. The van der Waals surface area contributed by atoms with E-state index >= 15 is 0 Å². The Balaban J connectivity index is 2.95. The van der Waals surface area contributed by atoms with Crippen molar-refractivity contribution >= 4 is 33.5 Å². The monoisotopic (exact) mass is 328 g/mol. The number of nitrogens with two attached hydrogens (primary N) is 1. The van der Waals surface area contributed by atoms with Gasteiger partial charge in [-0.25, -0.2) is 4.79 Å². The predicted molar refractivity (Wildman–Crippen MR) is 77.2 cm³/mol. The first-order valence-electron chi connectivity index (χ1n) is 6.04. The molecule has 1 amide bonds. The molecule has 1 aromatic rings. The van der Waals surface area contributed by atoms with E-state index in [9.17, 15) is 9.59 Å². The molecular weight excluding hydrogens is 312 g/mol. The lowest BCUT2D eigenvalue weighted by molar-refractivity contribution is -0.138. The van der Waals surface area contributed by atoms with Crippen LogP contribution in [0.1, 0.15) is 36.5 Å². The molecule has 0 aliphatic carbocycles. The van der Waals surface area contributed by atoms with Gasteiger partial charge in [0.15, 0.2) is 0 Å². The van der Waals surface area contributed by atoms with Crippen molar-refractivity contribution in [3.05, 3.63) is 28.2 Å². The number of amides is 1. The summed E-state index contributed by atoms with van der Waals surface area (Å²) in [5.74, 6) is -1.53. The first-order chi connectivity index (χ1) is 8.95. The lowest BCUT2D eigenvalue weighted by atomic mass is 10.1. The zero-order valence-corrected chi connectivity index (χ0v) is 12.2. The minimum absolute atomic E-state index is 0.275. The van der Waals surface area contributed by atoms with Gasteiger partial charge in [-0.2, -0.15) is 0 Å². The van der Waals surface area contributed by atoms with Gasteiger partial charge in [-0.05, 0) is 24.6 Å². The molecule has 5 nitrogen and oxygen atoms in total. The number of halogens is 1. The van der Waals surface area contributed by atoms with Crippen LogP contribution in [0, 0.1) is 0 Å². The van der Waals surface area contributed by atoms with Crippen molar-refractivity contribution in [2.24, 2.45) is 5.73 Å². The van der Waals surface area contributed by atoms with Crippen molar-refractivity contribution in [1.82, 2.24) is 0 Å². The number of carbonyl (C=O) groups excluding carboxylic acids is 1. The van der Waals surface area contributed by atoms with Crippen molar-refractivity contribution in [3.8, 4) is 0 Å². The summed E-state index contributed by atoms with van der Waals surface area (Å²) in [7, 11) is 0. The standard InChI is InChI=1S/C13H17BrN2O3/c1-2-3-4-11(13(18)19)16-10-6-5-8(14)7-9(10)12(15)17/h5-7,11,16H,2-4H2,1H3,(H2,15,17)(H,18,19). The minimum Gasteiger partial charge on any atom is -0.480 e. The van der Waals surface area contributed by atoms with Crippen LogP contribution >= 0.6 is 15.9 Å². The molecule has 0 saturated carbocycles. The van der Waals surface area contributed by atoms with Gasteiger partial charge in [0.2, 0.25) is 0 Å². The SMILES string of the molecule is CCCCC(Nc1ccc(Br)cc1C(N)=O)C(=O)O. The van der Waals surface area contributed by atoms with Gasteiger partial charge in [-0.1, -0.05) is 35.7 Å². The highest BCUT2D eigenvalue weighted by Crippen LogP contribution is 2.22. The van der Waals surface area contributed by atoms with E-state index in [0.29, 0.717) is 16.6 Å². The van der Waals surface area contributed by atoms with Gasteiger partial charge in [0.25, 0.3) is 5.91 Å². The number of carbonyl (C=O) groups is 2. The lowest BCUT2D eigenvalue weighted by Gasteiger charge is -2.17. The number of rotatable bonds is 7. The molecule has 1 atom stereocenters. The Morgan fingerprint density at radius 2 is 2.16 bits per heavy atom. The van der Waals surface area contributed by atoms with E-state index < -0.39 is 17.9 Å². The number of hydrogen-bond acceptors (Lipinski definition) is 3. The number of carboxylic acid groups (broad SMARTS) is 1. The predicted octanol–water partition coefficient (Wildman–Crippen LogP) is 2.60. The molecule has 0 fully saturated rings. The van der Waals surface area contributed by atoms with Crippen LogP contribution in [-0.2, 0) is 4.79 Å². The third kappa shape index (κ3) is 4.55. The Bertz CT molecular complexity index is 477. The van der Waals surface area contributed by atoms with Gasteiger partial charge in [0.1, 0.15) is 6.04 Å². The second kappa shape index (κ2) is 7.13. The summed E-state index contributed by atoms with van der Waals surface area (Å²) in [5.41, 5.74) is 6.01. The number of anilines is 1. The number of aliphatic carboxylic acids is 1. The first kappa shape index (κ1) is 15.5. The highest BCUT2D eigenvalue weighted by atomic mass is 79.9. The number of unbranched alkanes of at least 4 members (excludes halogenated alkanes) is 1. The summed E-state index contributed by atoms with van der Waals surface area (Å²) in [6.07, 6.45) is 2.21. The van der Waals surface area contributed by atoms with E-state index in [-0.39, 0.29) is 5.56 Å². The van der Waals surface area contributed by atoms with E-state index in [4.69, 9.17) is 10.8 Å². The largest absolute Gasteiger partial charge is 0.480 e. The maximum atomic E-state index is 11.4. The van der Waals surface area contributed by atoms with Crippen molar-refractivity contribution in [1.29, 1.82) is 0 Å². The van der Waals surface area contributed by atoms with Gasteiger partial charge >= 0.3 is 5.97 Å². The fourth-order valence-corrected chi connectivity index (χ4v) is 2.06. The van der Waals surface area contributed by atoms with E-state index in [2.05, 4.69) is 21.2 Å². The topological polar surface area (TPSA) is 92.4 Å². The summed E-state index contributed by atoms with van der Waals surface area (Å²) >= 11 is 3.25. The highest BCUT2D eigenvalue weighted by molar-refractivity contribution is 9.10. The van der Waals surface area contributed by atoms with Crippen LogP contribution in [-0.4, -0.2) is 23.0 Å². The molecule has 1 aromatic carbocycles. The zero-order chi connectivity index (χ0) is 14.4. The van der Waals surface area contributed by atoms with Crippen LogP contribution < -0.4 is 11.1 Å². The van der Waals surface area contributed by atoms with Crippen molar-refractivity contribution < 1.29 is 14.7 Å². The third-order valence-electron chi connectivity index (χ3n) is 2.72. The second-order valence-corrected chi connectivity index (χ2v) is 5.15. The van der Waals surface area contributed by atoms with Gasteiger partial charge < -0.3 is 16.2 Å². The molecule has 0 aliphatic heterocycles. The lowest BCUT2D eigenvalue weighted by Crippen LogP contribution is -2.30. The maximum Gasteiger partial charge on any atom is 0.326 e. The Labute approximate surface area is 120 Å². The molecule has 0 radical (unpaired) electrons. The Morgan fingerprint density at radius 1 is 1.47 bits per heavy atom. The number of benzene rings is 1. The molecule has 0 bridgehead atoms. The van der Waals surface area contributed by atoms with E-state index in [1.54, 1.807) is 18.2 Å². The van der Waals surface area contributed by atoms with Gasteiger partial charge in [0.05, 0.1) is 5.56 Å². The maximum absolute atomic E-state index is 11.4. The number of carboxylic acids is 1. The molecule has 1 rings (SSSR count). The number of nitrogens with one attached hydrogen (secondary N) is 1. The van der Waals surface area contributed by atoms with Gasteiger partial charge in [-0.15, -0.1) is 0 Å². The van der Waals surface area contributed by atoms with Crippen LogP contribution in [0.2, 0.25) is 0 Å². The Morgan fingerprint density at radius 3 is 2.68 bits per heavy atom. The van der Waals surface area contributed by atoms with Crippen molar-refractivity contribution in [2.45, 2.75) is 32.2 Å². The van der Waals surface area contributed by atoms with Gasteiger partial charge in [-0.3, -0.25) is 4.79 Å². The van der Waals surface area contributed by atoms with E-state index in [1.807, 2.05) is 6.92 Å². The van der Waals surface area contributed by atoms with Crippen LogP contribution in [0.4, 0.5) is 5.69 Å². The molecular formula is C13H17BrN2O3. The molecule has 1 unspecified atom stereocenters. The van der Waals surface area contributed by atoms with Crippen molar-refractivity contribution in [2.75, 3.05) is 5.32 Å². The van der Waals surface area contributed by atoms with Crippen LogP contribution in [0.5, 0.6) is 0 Å². The van der Waals surface area contributed by atoms with Crippen LogP contribution in [0.15, 0.2) is 22.7 Å². The normalized spacial score (nSPS) is 11.9.